The van der Waals surface area contributed by atoms with E-state index in [2.05, 4.69) is 10.4 Å². The van der Waals surface area contributed by atoms with Gasteiger partial charge in [0, 0.05) is 23.4 Å². The summed E-state index contributed by atoms with van der Waals surface area (Å²) >= 11 is 12.1. The molecule has 3 rings (SSSR count). The van der Waals surface area contributed by atoms with Gasteiger partial charge >= 0.3 is 0 Å². The highest BCUT2D eigenvalue weighted by atomic mass is 35.5. The van der Waals surface area contributed by atoms with Crippen molar-refractivity contribution in [3.05, 3.63) is 69.0 Å². The fraction of sp³-hybridized carbons (Fsp3) is 0.304. The fourth-order valence-corrected chi connectivity index (χ4v) is 3.73. The average molecular weight is 478 g/mol. The maximum Gasteiger partial charge on any atom is 0.224 e. The van der Waals surface area contributed by atoms with Crippen LogP contribution in [0, 0.1) is 13.8 Å². The molecule has 1 aromatic heterocycles. The lowest BCUT2D eigenvalue weighted by Crippen LogP contribution is -2.30. The molecule has 0 saturated carbocycles. The zero-order chi connectivity index (χ0) is 23.4. The lowest BCUT2D eigenvalue weighted by molar-refractivity contribution is -0.120. The van der Waals surface area contributed by atoms with Crippen molar-refractivity contribution in [1.29, 1.82) is 0 Å². The molecule has 0 saturated heterocycles. The number of carbonyl (C=O) groups is 1. The number of nitrogens with one attached hydrogen (secondary N) is 1. The first kappa shape index (κ1) is 23.9. The second-order valence-electron chi connectivity index (χ2n) is 7.26. The van der Waals surface area contributed by atoms with Gasteiger partial charge in [-0.25, -0.2) is 4.68 Å². The van der Waals surface area contributed by atoms with E-state index in [4.69, 9.17) is 32.7 Å². The molecule has 0 aliphatic heterocycles. The van der Waals surface area contributed by atoms with Crippen LogP contribution in [0.5, 0.6) is 11.5 Å². The number of rotatable bonds is 8. The van der Waals surface area contributed by atoms with Crippen LogP contribution in [0.4, 0.5) is 0 Å². The molecule has 1 heterocycles. The second-order valence-corrected chi connectivity index (χ2v) is 8.08. The summed E-state index contributed by atoms with van der Waals surface area (Å²) in [5, 5.41) is 18.8. The highest BCUT2D eigenvalue weighted by molar-refractivity contribution is 6.42. The van der Waals surface area contributed by atoms with E-state index in [9.17, 15) is 9.90 Å². The van der Waals surface area contributed by atoms with Crippen LogP contribution < -0.4 is 14.8 Å². The minimum Gasteiger partial charge on any atom is -0.497 e. The number of carbonyl (C=O) groups excluding carboxylic acids is 1. The van der Waals surface area contributed by atoms with Crippen molar-refractivity contribution in [2.24, 2.45) is 0 Å². The van der Waals surface area contributed by atoms with Gasteiger partial charge in [0.1, 0.15) is 11.5 Å². The van der Waals surface area contributed by atoms with Crippen molar-refractivity contribution in [2.75, 3.05) is 20.8 Å². The summed E-state index contributed by atoms with van der Waals surface area (Å²) in [6, 6.07) is 10.4. The topological polar surface area (TPSA) is 85.6 Å². The lowest BCUT2D eigenvalue weighted by Gasteiger charge is -2.16. The van der Waals surface area contributed by atoms with E-state index < -0.39 is 6.10 Å². The summed E-state index contributed by atoms with van der Waals surface area (Å²) in [5.74, 6) is 0.875. The molecule has 0 aliphatic rings. The van der Waals surface area contributed by atoms with Crippen LogP contribution in [0.25, 0.3) is 5.69 Å². The Balaban J connectivity index is 1.70. The van der Waals surface area contributed by atoms with Crippen molar-refractivity contribution in [2.45, 2.75) is 26.4 Å². The first-order valence-corrected chi connectivity index (χ1v) is 10.7. The van der Waals surface area contributed by atoms with Gasteiger partial charge in [-0.15, -0.1) is 0 Å². The Morgan fingerprint density at radius 1 is 1.12 bits per heavy atom. The molecule has 0 spiro atoms. The van der Waals surface area contributed by atoms with E-state index in [0.29, 0.717) is 27.1 Å². The van der Waals surface area contributed by atoms with Gasteiger partial charge in [0.25, 0.3) is 0 Å². The molecule has 1 atom stereocenters. The molecule has 0 aliphatic carbocycles. The van der Waals surface area contributed by atoms with E-state index in [1.165, 1.54) is 7.11 Å². The first-order chi connectivity index (χ1) is 15.2. The quantitative estimate of drug-likeness (QED) is 0.507. The Labute approximate surface area is 196 Å². The number of benzene rings is 2. The number of aromatic nitrogens is 2. The molecular weight excluding hydrogens is 453 g/mol. The van der Waals surface area contributed by atoms with Gasteiger partial charge in [0.2, 0.25) is 5.91 Å². The number of aliphatic hydroxyl groups is 1. The van der Waals surface area contributed by atoms with Gasteiger partial charge < -0.3 is 19.9 Å². The molecule has 170 valence electrons. The number of ether oxygens (including phenoxy) is 2. The molecule has 7 nitrogen and oxygen atoms in total. The van der Waals surface area contributed by atoms with E-state index in [1.807, 2.05) is 19.9 Å². The Morgan fingerprint density at radius 2 is 1.88 bits per heavy atom. The van der Waals surface area contributed by atoms with Crippen molar-refractivity contribution < 1.29 is 19.4 Å². The number of methoxy groups -OCH3 is 2. The number of amides is 1. The van der Waals surface area contributed by atoms with E-state index in [1.54, 1.807) is 42.1 Å². The second kappa shape index (κ2) is 10.3. The molecule has 3 aromatic rings. The summed E-state index contributed by atoms with van der Waals surface area (Å²) in [6.45, 7) is 3.77. The first-order valence-electron chi connectivity index (χ1n) is 9.92. The van der Waals surface area contributed by atoms with E-state index >= 15 is 0 Å². The normalized spacial score (nSPS) is 11.8. The third-order valence-electron chi connectivity index (χ3n) is 5.21. The number of aliphatic hydroxyl groups excluding tert-OH is 1. The molecule has 0 fully saturated rings. The van der Waals surface area contributed by atoms with Crippen molar-refractivity contribution in [3.8, 4) is 17.2 Å². The van der Waals surface area contributed by atoms with Crippen LogP contribution in [0.15, 0.2) is 36.4 Å². The molecular formula is C23H25Cl2N3O4. The number of hydrogen-bond donors (Lipinski definition) is 2. The maximum atomic E-state index is 12.6. The van der Waals surface area contributed by atoms with Crippen molar-refractivity contribution in [3.63, 3.8) is 0 Å². The van der Waals surface area contributed by atoms with Gasteiger partial charge in [-0.05, 0) is 50.2 Å². The van der Waals surface area contributed by atoms with Crippen molar-refractivity contribution >= 4 is 29.1 Å². The Hall–Kier alpha value is -2.74. The van der Waals surface area contributed by atoms with Crippen LogP contribution in [0.1, 0.15) is 28.6 Å². The van der Waals surface area contributed by atoms with Crippen LogP contribution in [-0.2, 0) is 11.2 Å². The van der Waals surface area contributed by atoms with Gasteiger partial charge in [0.15, 0.2) is 0 Å². The molecule has 32 heavy (non-hydrogen) atoms. The number of nitrogens with zero attached hydrogens (tertiary/aromatic N) is 2. The Bertz CT molecular complexity index is 1130. The van der Waals surface area contributed by atoms with Gasteiger partial charge in [-0.3, -0.25) is 4.79 Å². The zero-order valence-electron chi connectivity index (χ0n) is 18.3. The fourth-order valence-electron chi connectivity index (χ4n) is 3.44. The highest BCUT2D eigenvalue weighted by Crippen LogP contribution is 2.29. The number of aryl methyl sites for hydroxylation is 1. The highest BCUT2D eigenvalue weighted by Gasteiger charge is 2.19. The molecule has 0 bridgehead atoms. The van der Waals surface area contributed by atoms with Crippen LogP contribution in [0.3, 0.4) is 0 Å². The SMILES string of the molecule is COc1ccc(OC)c(C(O)CNC(=O)Cc2c(C)nn(-c3ccc(Cl)c(Cl)c3)c2C)c1. The maximum absolute atomic E-state index is 12.6. The van der Waals surface area contributed by atoms with Gasteiger partial charge in [-0.2, -0.15) is 5.10 Å². The Morgan fingerprint density at radius 3 is 2.53 bits per heavy atom. The summed E-state index contributed by atoms with van der Waals surface area (Å²) in [7, 11) is 3.07. The molecule has 2 N–H and O–H groups in total. The molecule has 1 unspecified atom stereocenters. The lowest BCUT2D eigenvalue weighted by atomic mass is 10.1. The molecule has 9 heteroatoms. The van der Waals surface area contributed by atoms with Gasteiger partial charge in [0.05, 0.1) is 48.2 Å². The summed E-state index contributed by atoms with van der Waals surface area (Å²) in [6.07, 6.45) is -0.828. The van der Waals surface area contributed by atoms with Crippen LogP contribution in [-0.4, -0.2) is 41.6 Å². The summed E-state index contributed by atoms with van der Waals surface area (Å²) < 4.78 is 12.2. The standard InChI is InChI=1S/C23H25Cl2N3O4/c1-13-17(14(2)28(27-13)15-5-7-19(24)20(25)9-15)11-23(30)26-12-21(29)18-10-16(31-3)6-8-22(18)32-4/h5-10,21,29H,11-12H2,1-4H3,(H,26,30). The third-order valence-corrected chi connectivity index (χ3v) is 5.95. The average Bonchev–Trinajstić information content (AvgIpc) is 3.07. The van der Waals surface area contributed by atoms with E-state index in [0.717, 1.165) is 22.6 Å². The van der Waals surface area contributed by atoms with E-state index in [-0.39, 0.29) is 18.9 Å². The van der Waals surface area contributed by atoms with Crippen molar-refractivity contribution in [1.82, 2.24) is 15.1 Å². The largest absolute Gasteiger partial charge is 0.497 e. The van der Waals surface area contributed by atoms with Gasteiger partial charge in [-0.1, -0.05) is 23.2 Å². The monoisotopic (exact) mass is 477 g/mol. The number of hydrogen-bond acceptors (Lipinski definition) is 5. The Kier molecular flexibility index (Phi) is 7.66. The summed E-state index contributed by atoms with van der Waals surface area (Å²) in [5.41, 5.74) is 3.66. The number of halogens is 2. The summed E-state index contributed by atoms with van der Waals surface area (Å²) in [4.78, 5) is 12.6. The predicted octanol–water partition coefficient (Wildman–Crippen LogP) is 4.21. The molecule has 1 amide bonds. The van der Waals surface area contributed by atoms with Crippen LogP contribution >= 0.6 is 23.2 Å². The third kappa shape index (κ3) is 5.18. The minimum absolute atomic E-state index is 0.0292. The van der Waals surface area contributed by atoms with Crippen LogP contribution in [0.2, 0.25) is 10.0 Å². The molecule has 0 radical (unpaired) electrons. The zero-order valence-corrected chi connectivity index (χ0v) is 19.8. The predicted molar refractivity (Wildman–Crippen MR) is 124 cm³/mol. The minimum atomic E-state index is -0.954. The molecule has 2 aromatic carbocycles. The smallest absolute Gasteiger partial charge is 0.224 e.